The number of nitrogens with zero attached hydrogens (tertiary/aromatic N) is 3. The molecule has 8 heteroatoms. The van der Waals surface area contributed by atoms with Gasteiger partial charge in [-0.1, -0.05) is 6.07 Å². The van der Waals surface area contributed by atoms with E-state index in [-0.39, 0.29) is 11.7 Å². The first-order valence-corrected chi connectivity index (χ1v) is 9.71. The fourth-order valence-electron chi connectivity index (χ4n) is 2.98. The van der Waals surface area contributed by atoms with Gasteiger partial charge in [0.05, 0.1) is 23.2 Å². The maximum atomic E-state index is 12.5. The Morgan fingerprint density at radius 3 is 2.62 bits per heavy atom. The normalized spacial score (nSPS) is 16.7. The van der Waals surface area contributed by atoms with Crippen molar-refractivity contribution in [1.82, 2.24) is 19.2 Å². The van der Waals surface area contributed by atoms with E-state index in [0.717, 1.165) is 22.4 Å². The summed E-state index contributed by atoms with van der Waals surface area (Å²) in [5, 5.41) is 0. The summed E-state index contributed by atoms with van der Waals surface area (Å²) >= 11 is 0. The maximum absolute atomic E-state index is 12.5. The molecule has 2 heterocycles. The van der Waals surface area contributed by atoms with Gasteiger partial charge in [-0.25, -0.2) is 13.4 Å². The number of piperazine rings is 1. The number of benzene rings is 1. The zero-order chi connectivity index (χ0) is 17.3. The first kappa shape index (κ1) is 16.9. The first-order chi connectivity index (χ1) is 11.4. The smallest absolute Gasteiger partial charge is 0.227 e. The Bertz CT molecular complexity index is 851. The zero-order valence-electron chi connectivity index (χ0n) is 13.9. The minimum atomic E-state index is -3.17. The molecule has 130 valence electrons. The lowest BCUT2D eigenvalue weighted by atomic mass is 10.1. The molecule has 0 unspecified atom stereocenters. The summed E-state index contributed by atoms with van der Waals surface area (Å²) in [6, 6.07) is 5.77. The predicted octanol–water partition coefficient (Wildman–Crippen LogP) is 0.908. The number of H-pyrrole nitrogens is 1. The second-order valence-electron chi connectivity index (χ2n) is 6.03. The molecule has 0 radical (unpaired) electrons. The Hall–Kier alpha value is -1.93. The van der Waals surface area contributed by atoms with Crippen LogP contribution in [0.4, 0.5) is 0 Å². The molecule has 0 bridgehead atoms. The number of nitrogens with one attached hydrogen (secondary N) is 1. The van der Waals surface area contributed by atoms with E-state index in [2.05, 4.69) is 9.97 Å². The van der Waals surface area contributed by atoms with Gasteiger partial charge in [0, 0.05) is 26.2 Å². The number of imidazole rings is 1. The van der Waals surface area contributed by atoms with E-state index >= 15 is 0 Å². The van der Waals surface area contributed by atoms with E-state index in [9.17, 15) is 13.2 Å². The van der Waals surface area contributed by atoms with Crippen molar-refractivity contribution in [3.05, 3.63) is 29.6 Å². The van der Waals surface area contributed by atoms with Crippen LogP contribution in [-0.4, -0.2) is 65.4 Å². The Balaban J connectivity index is 1.63. The van der Waals surface area contributed by atoms with E-state index in [1.165, 1.54) is 4.31 Å². The number of rotatable bonds is 4. The highest BCUT2D eigenvalue weighted by molar-refractivity contribution is 7.89. The van der Waals surface area contributed by atoms with Gasteiger partial charge < -0.3 is 9.88 Å². The van der Waals surface area contributed by atoms with Crippen LogP contribution in [0.1, 0.15) is 18.3 Å². The monoisotopic (exact) mass is 350 g/mol. The van der Waals surface area contributed by atoms with E-state index in [0.29, 0.717) is 32.6 Å². The van der Waals surface area contributed by atoms with Crippen molar-refractivity contribution in [3.8, 4) is 0 Å². The fourth-order valence-corrected chi connectivity index (χ4v) is 4.06. The molecule has 1 aliphatic rings. The van der Waals surface area contributed by atoms with E-state index in [1.807, 2.05) is 25.1 Å². The van der Waals surface area contributed by atoms with Crippen molar-refractivity contribution in [1.29, 1.82) is 0 Å². The van der Waals surface area contributed by atoms with E-state index in [1.54, 1.807) is 11.8 Å². The molecule has 1 aliphatic heterocycles. The van der Waals surface area contributed by atoms with Crippen LogP contribution < -0.4 is 0 Å². The molecule has 2 aromatic rings. The number of aromatic amines is 1. The number of hydrogen-bond acceptors (Lipinski definition) is 4. The maximum Gasteiger partial charge on any atom is 0.227 e. The molecule has 1 N–H and O–H groups in total. The molecule has 24 heavy (non-hydrogen) atoms. The molecule has 0 spiro atoms. The molecule has 1 aromatic carbocycles. The summed E-state index contributed by atoms with van der Waals surface area (Å²) in [4.78, 5) is 21.7. The van der Waals surface area contributed by atoms with Crippen molar-refractivity contribution in [2.24, 2.45) is 0 Å². The number of carbonyl (C=O) groups excluding carboxylic acids is 1. The van der Waals surface area contributed by atoms with Crippen LogP contribution in [-0.2, 0) is 21.2 Å². The molecule has 0 aliphatic carbocycles. The van der Waals surface area contributed by atoms with Crippen LogP contribution in [0.2, 0.25) is 0 Å². The topological polar surface area (TPSA) is 86.4 Å². The van der Waals surface area contributed by atoms with Crippen molar-refractivity contribution < 1.29 is 13.2 Å². The summed E-state index contributed by atoms with van der Waals surface area (Å²) in [6.45, 7) is 5.18. The van der Waals surface area contributed by atoms with Crippen LogP contribution in [0.5, 0.6) is 0 Å². The van der Waals surface area contributed by atoms with Crippen LogP contribution >= 0.6 is 0 Å². The third-order valence-corrected chi connectivity index (χ3v) is 6.25. The van der Waals surface area contributed by atoms with Gasteiger partial charge in [0.25, 0.3) is 0 Å². The second kappa shape index (κ2) is 6.52. The van der Waals surface area contributed by atoms with Gasteiger partial charge in [-0.15, -0.1) is 0 Å². The van der Waals surface area contributed by atoms with E-state index < -0.39 is 10.0 Å². The van der Waals surface area contributed by atoms with E-state index in [4.69, 9.17) is 0 Å². The summed E-state index contributed by atoms with van der Waals surface area (Å²) in [5.74, 6) is 0.978. The molecule has 0 atom stereocenters. The highest BCUT2D eigenvalue weighted by atomic mass is 32.2. The number of carbonyl (C=O) groups is 1. The number of sulfonamides is 1. The van der Waals surface area contributed by atoms with Gasteiger partial charge in [0.2, 0.25) is 15.9 Å². The van der Waals surface area contributed by atoms with Crippen molar-refractivity contribution in [2.45, 2.75) is 20.3 Å². The van der Waals surface area contributed by atoms with Gasteiger partial charge in [0.1, 0.15) is 5.82 Å². The lowest BCUT2D eigenvalue weighted by molar-refractivity contribution is -0.131. The number of aryl methyl sites for hydroxylation is 1. The average molecular weight is 350 g/mol. The second-order valence-corrected chi connectivity index (χ2v) is 8.29. The number of amides is 1. The number of fused-ring (bicyclic) bond motifs is 1. The lowest BCUT2D eigenvalue weighted by Crippen LogP contribution is -2.51. The van der Waals surface area contributed by atoms with Crippen LogP contribution in [0, 0.1) is 6.92 Å². The average Bonchev–Trinajstić information content (AvgIpc) is 2.94. The Morgan fingerprint density at radius 2 is 1.96 bits per heavy atom. The highest BCUT2D eigenvalue weighted by Gasteiger charge is 2.27. The van der Waals surface area contributed by atoms with Gasteiger partial charge in [0.15, 0.2) is 0 Å². The third-order valence-electron chi connectivity index (χ3n) is 4.37. The molecule has 3 rings (SSSR count). The summed E-state index contributed by atoms with van der Waals surface area (Å²) in [6.07, 6.45) is 0.314. The Labute approximate surface area is 141 Å². The van der Waals surface area contributed by atoms with Crippen LogP contribution in [0.15, 0.2) is 18.2 Å². The summed E-state index contributed by atoms with van der Waals surface area (Å²) in [5.41, 5.74) is 2.75. The summed E-state index contributed by atoms with van der Waals surface area (Å²) in [7, 11) is -3.17. The molecule has 1 amide bonds. The third kappa shape index (κ3) is 3.44. The van der Waals surface area contributed by atoms with Gasteiger partial charge in [-0.2, -0.15) is 4.31 Å². The summed E-state index contributed by atoms with van der Waals surface area (Å²) < 4.78 is 25.2. The molecule has 1 saturated heterocycles. The quantitative estimate of drug-likeness (QED) is 0.888. The van der Waals surface area contributed by atoms with Gasteiger partial charge in [-0.05, 0) is 31.5 Å². The number of hydrogen-bond donors (Lipinski definition) is 1. The zero-order valence-corrected chi connectivity index (χ0v) is 14.8. The molecule has 7 nitrogen and oxygen atoms in total. The SMILES string of the molecule is CCS(=O)(=O)N1CCN(C(=O)Cc2ccc3nc(C)[nH]c3c2)CC1. The minimum Gasteiger partial charge on any atom is -0.342 e. The predicted molar refractivity (Wildman–Crippen MR) is 92.1 cm³/mol. The molecular formula is C16H22N4O3S. The molecule has 1 aromatic heterocycles. The van der Waals surface area contributed by atoms with Crippen LogP contribution in [0.3, 0.4) is 0 Å². The number of aromatic nitrogens is 2. The molecule has 1 fully saturated rings. The van der Waals surface area contributed by atoms with Gasteiger partial charge >= 0.3 is 0 Å². The highest BCUT2D eigenvalue weighted by Crippen LogP contribution is 2.15. The van der Waals surface area contributed by atoms with Crippen LogP contribution in [0.25, 0.3) is 11.0 Å². The van der Waals surface area contributed by atoms with Crippen molar-refractivity contribution >= 4 is 27.0 Å². The van der Waals surface area contributed by atoms with Gasteiger partial charge in [-0.3, -0.25) is 4.79 Å². The fraction of sp³-hybridized carbons (Fsp3) is 0.500. The minimum absolute atomic E-state index is 0.0270. The lowest BCUT2D eigenvalue weighted by Gasteiger charge is -2.33. The molecular weight excluding hydrogens is 328 g/mol. The Kier molecular flexibility index (Phi) is 4.60. The van der Waals surface area contributed by atoms with Crippen molar-refractivity contribution in [2.75, 3.05) is 31.9 Å². The first-order valence-electron chi connectivity index (χ1n) is 8.10. The Morgan fingerprint density at radius 1 is 1.25 bits per heavy atom. The molecule has 0 saturated carbocycles. The van der Waals surface area contributed by atoms with Crippen molar-refractivity contribution in [3.63, 3.8) is 0 Å². The standard InChI is InChI=1S/C16H22N4O3S/c1-3-24(22,23)20-8-6-19(7-9-20)16(21)11-13-4-5-14-15(10-13)18-12(2)17-14/h4-5,10H,3,6-9,11H2,1-2H3,(H,17,18). The largest absolute Gasteiger partial charge is 0.342 e.